The molecule has 112 valence electrons. The Kier molecular flexibility index (Phi) is 5.78. The molecule has 6 heteroatoms. The summed E-state index contributed by atoms with van der Waals surface area (Å²) < 4.78 is 11.7. The van der Waals surface area contributed by atoms with Crippen molar-refractivity contribution >= 4 is 34.2 Å². The van der Waals surface area contributed by atoms with E-state index in [1.54, 1.807) is 7.11 Å². The van der Waals surface area contributed by atoms with Gasteiger partial charge in [-0.3, -0.25) is 0 Å². The number of benzene rings is 1. The van der Waals surface area contributed by atoms with Crippen LogP contribution in [0.5, 0.6) is 5.75 Å². The topological polar surface area (TPSA) is 44.2 Å². The number of aromatic nitrogens is 2. The van der Waals surface area contributed by atoms with Gasteiger partial charge < -0.3 is 9.47 Å². The molecule has 1 aromatic carbocycles. The van der Waals surface area contributed by atoms with Crippen molar-refractivity contribution in [2.24, 2.45) is 0 Å². The summed E-state index contributed by atoms with van der Waals surface area (Å²) in [6.45, 7) is 4.37. The van der Waals surface area contributed by atoms with Crippen LogP contribution in [0.4, 0.5) is 0 Å². The summed E-state index contributed by atoms with van der Waals surface area (Å²) in [6.07, 6.45) is 0.116. The van der Waals surface area contributed by atoms with Gasteiger partial charge in [-0.05, 0) is 48.6 Å². The summed E-state index contributed by atoms with van der Waals surface area (Å²) in [7, 11) is 1.63. The normalized spacial score (nSPS) is 11.0. The second-order valence-electron chi connectivity index (χ2n) is 4.73. The van der Waals surface area contributed by atoms with E-state index in [1.807, 2.05) is 38.1 Å². The Bertz CT molecular complexity index is 635. The maximum absolute atomic E-state index is 6.18. The molecule has 0 saturated carbocycles. The zero-order valence-electron chi connectivity index (χ0n) is 12.1. The molecule has 0 atom stereocenters. The first-order valence-corrected chi connectivity index (χ1v) is 7.95. The van der Waals surface area contributed by atoms with E-state index in [9.17, 15) is 0 Å². The molecule has 0 spiro atoms. The lowest BCUT2D eigenvalue weighted by Gasteiger charge is -2.11. The van der Waals surface area contributed by atoms with Gasteiger partial charge in [-0.15, -0.1) is 0 Å². The number of hydrogen-bond acceptors (Lipinski definition) is 4. The molecule has 21 heavy (non-hydrogen) atoms. The minimum absolute atomic E-state index is 0.116. The van der Waals surface area contributed by atoms with E-state index in [2.05, 4.69) is 32.6 Å². The molecule has 1 aromatic heterocycles. The van der Waals surface area contributed by atoms with E-state index < -0.39 is 0 Å². The molecule has 0 N–H and O–H groups in total. The molecule has 2 rings (SSSR count). The Labute approximate surface area is 143 Å². The van der Waals surface area contributed by atoms with Crippen molar-refractivity contribution < 1.29 is 9.47 Å². The molecular formula is C15H16ClIN2O2. The highest BCUT2D eigenvalue weighted by Crippen LogP contribution is 2.26. The van der Waals surface area contributed by atoms with Crippen LogP contribution in [0.15, 0.2) is 24.3 Å². The van der Waals surface area contributed by atoms with E-state index in [-0.39, 0.29) is 6.10 Å². The largest absolute Gasteiger partial charge is 0.491 e. The van der Waals surface area contributed by atoms with Crippen LogP contribution in [-0.2, 0) is 11.3 Å². The standard InChI is InChI=1S/C15H16ClIN2O2/c1-9(2)21-11-6-4-5-10(7-11)15-18-12(8-20-3)13(17)14(16)19-15/h4-7,9H,8H2,1-3H3. The van der Waals surface area contributed by atoms with Crippen LogP contribution < -0.4 is 4.74 Å². The summed E-state index contributed by atoms with van der Waals surface area (Å²) in [5.41, 5.74) is 1.65. The Balaban J connectivity index is 2.41. The molecule has 0 amide bonds. The van der Waals surface area contributed by atoms with Crippen LogP contribution in [0.1, 0.15) is 19.5 Å². The predicted octanol–water partition coefficient (Wildman–Crippen LogP) is 4.34. The minimum Gasteiger partial charge on any atom is -0.491 e. The number of ether oxygens (including phenoxy) is 2. The van der Waals surface area contributed by atoms with Gasteiger partial charge in [0.1, 0.15) is 10.9 Å². The molecule has 0 aliphatic carbocycles. The monoisotopic (exact) mass is 418 g/mol. The number of halogens is 2. The maximum atomic E-state index is 6.18. The molecule has 0 fully saturated rings. The molecular weight excluding hydrogens is 403 g/mol. The Morgan fingerprint density at radius 2 is 2.05 bits per heavy atom. The van der Waals surface area contributed by atoms with Crippen molar-refractivity contribution in [1.82, 2.24) is 9.97 Å². The summed E-state index contributed by atoms with van der Waals surface area (Å²) in [4.78, 5) is 8.87. The third kappa shape index (κ3) is 4.28. The Morgan fingerprint density at radius 1 is 1.29 bits per heavy atom. The Morgan fingerprint density at radius 3 is 2.71 bits per heavy atom. The molecule has 0 saturated heterocycles. The number of methoxy groups -OCH3 is 1. The van der Waals surface area contributed by atoms with Gasteiger partial charge in [0.15, 0.2) is 5.82 Å². The number of rotatable bonds is 5. The molecule has 0 aliphatic heterocycles. The van der Waals surface area contributed by atoms with E-state index in [0.717, 1.165) is 20.6 Å². The molecule has 4 nitrogen and oxygen atoms in total. The second kappa shape index (κ2) is 7.38. The van der Waals surface area contributed by atoms with Crippen molar-refractivity contribution in [3.63, 3.8) is 0 Å². The van der Waals surface area contributed by atoms with Gasteiger partial charge in [0.25, 0.3) is 0 Å². The lowest BCUT2D eigenvalue weighted by molar-refractivity contribution is 0.181. The fourth-order valence-corrected chi connectivity index (χ4v) is 2.39. The Hall–Kier alpha value is -0.920. The second-order valence-corrected chi connectivity index (χ2v) is 6.16. The third-order valence-corrected chi connectivity index (χ3v) is 4.35. The van der Waals surface area contributed by atoms with Crippen molar-refractivity contribution in [2.45, 2.75) is 26.6 Å². The van der Waals surface area contributed by atoms with Crippen LogP contribution in [0.2, 0.25) is 5.15 Å². The summed E-state index contributed by atoms with van der Waals surface area (Å²) in [6, 6.07) is 7.67. The van der Waals surface area contributed by atoms with E-state index in [4.69, 9.17) is 21.1 Å². The van der Waals surface area contributed by atoms with Crippen LogP contribution in [0.3, 0.4) is 0 Å². The average Bonchev–Trinajstić information content (AvgIpc) is 2.43. The van der Waals surface area contributed by atoms with Gasteiger partial charge >= 0.3 is 0 Å². The lowest BCUT2D eigenvalue weighted by atomic mass is 10.2. The summed E-state index contributed by atoms with van der Waals surface area (Å²) >= 11 is 8.31. The van der Waals surface area contributed by atoms with Crippen LogP contribution in [0.25, 0.3) is 11.4 Å². The summed E-state index contributed by atoms with van der Waals surface area (Å²) in [5.74, 6) is 1.36. The molecule has 0 aliphatic rings. The molecule has 0 unspecified atom stereocenters. The molecule has 0 bridgehead atoms. The fourth-order valence-electron chi connectivity index (χ4n) is 1.81. The summed E-state index contributed by atoms with van der Waals surface area (Å²) in [5, 5.41) is 0.433. The van der Waals surface area contributed by atoms with Gasteiger partial charge in [-0.25, -0.2) is 9.97 Å². The molecule has 2 aromatic rings. The van der Waals surface area contributed by atoms with Crippen molar-refractivity contribution in [3.8, 4) is 17.1 Å². The first-order valence-electron chi connectivity index (χ1n) is 6.49. The minimum atomic E-state index is 0.116. The van der Waals surface area contributed by atoms with E-state index in [1.165, 1.54) is 0 Å². The number of hydrogen-bond donors (Lipinski definition) is 0. The van der Waals surface area contributed by atoms with Gasteiger partial charge in [0.2, 0.25) is 0 Å². The van der Waals surface area contributed by atoms with Gasteiger partial charge in [-0.2, -0.15) is 0 Å². The van der Waals surface area contributed by atoms with E-state index in [0.29, 0.717) is 17.6 Å². The van der Waals surface area contributed by atoms with E-state index >= 15 is 0 Å². The van der Waals surface area contributed by atoms with Gasteiger partial charge in [-0.1, -0.05) is 23.7 Å². The van der Waals surface area contributed by atoms with Crippen LogP contribution in [-0.4, -0.2) is 23.2 Å². The molecule has 1 heterocycles. The number of nitrogens with zero attached hydrogens (tertiary/aromatic N) is 2. The van der Waals surface area contributed by atoms with Crippen molar-refractivity contribution in [3.05, 3.63) is 38.7 Å². The third-order valence-electron chi connectivity index (χ3n) is 2.62. The zero-order valence-corrected chi connectivity index (χ0v) is 15.0. The lowest BCUT2D eigenvalue weighted by Crippen LogP contribution is -2.06. The van der Waals surface area contributed by atoms with Crippen LogP contribution >= 0.6 is 34.2 Å². The molecule has 0 radical (unpaired) electrons. The first kappa shape index (κ1) is 16.5. The highest BCUT2D eigenvalue weighted by atomic mass is 127. The van der Waals surface area contributed by atoms with Crippen LogP contribution in [0, 0.1) is 3.57 Å². The van der Waals surface area contributed by atoms with Gasteiger partial charge in [0.05, 0.1) is 22.0 Å². The highest BCUT2D eigenvalue weighted by Gasteiger charge is 2.12. The zero-order chi connectivity index (χ0) is 15.4. The van der Waals surface area contributed by atoms with Crippen molar-refractivity contribution in [2.75, 3.05) is 7.11 Å². The first-order chi connectivity index (χ1) is 10.0. The SMILES string of the molecule is COCc1nc(-c2cccc(OC(C)C)c2)nc(Cl)c1I. The highest BCUT2D eigenvalue weighted by molar-refractivity contribution is 14.1. The fraction of sp³-hybridized carbons (Fsp3) is 0.333. The maximum Gasteiger partial charge on any atom is 0.161 e. The van der Waals surface area contributed by atoms with Gasteiger partial charge in [0, 0.05) is 12.7 Å². The predicted molar refractivity (Wildman–Crippen MR) is 91.7 cm³/mol. The quantitative estimate of drug-likeness (QED) is 0.535. The average molecular weight is 419 g/mol. The smallest absolute Gasteiger partial charge is 0.161 e. The van der Waals surface area contributed by atoms with Crippen molar-refractivity contribution in [1.29, 1.82) is 0 Å².